The van der Waals surface area contributed by atoms with Gasteiger partial charge in [0, 0.05) is 18.9 Å². The summed E-state index contributed by atoms with van der Waals surface area (Å²) in [6.45, 7) is 3.76. The van der Waals surface area contributed by atoms with Crippen LogP contribution >= 0.6 is 0 Å². The number of nitrogens with one attached hydrogen (secondary N) is 1. The van der Waals surface area contributed by atoms with Crippen molar-refractivity contribution in [1.29, 1.82) is 0 Å². The van der Waals surface area contributed by atoms with Gasteiger partial charge in [0.15, 0.2) is 5.69 Å². The van der Waals surface area contributed by atoms with Crippen molar-refractivity contribution < 1.29 is 14.7 Å². The zero-order chi connectivity index (χ0) is 14.9. The van der Waals surface area contributed by atoms with Crippen LogP contribution < -0.4 is 5.32 Å². The summed E-state index contributed by atoms with van der Waals surface area (Å²) in [7, 11) is 1.57. The molecule has 6 nitrogen and oxygen atoms in total. The van der Waals surface area contributed by atoms with E-state index < -0.39 is 11.9 Å². The SMILES string of the molecule is Cc1cccc(C)c1NC(=O)c1cn(C)nc1C(=O)O. The number of carboxylic acids is 1. The van der Waals surface area contributed by atoms with Crippen LogP contribution in [0.5, 0.6) is 0 Å². The van der Waals surface area contributed by atoms with Gasteiger partial charge in [-0.3, -0.25) is 9.48 Å². The number of anilines is 1. The van der Waals surface area contributed by atoms with Crippen molar-refractivity contribution in [3.63, 3.8) is 0 Å². The monoisotopic (exact) mass is 273 g/mol. The molecule has 0 saturated carbocycles. The number of benzene rings is 1. The first-order valence-corrected chi connectivity index (χ1v) is 6.04. The normalized spacial score (nSPS) is 10.3. The van der Waals surface area contributed by atoms with Crippen molar-refractivity contribution in [1.82, 2.24) is 9.78 Å². The number of carbonyl (C=O) groups is 2. The molecule has 0 radical (unpaired) electrons. The Labute approximate surface area is 116 Å². The van der Waals surface area contributed by atoms with Gasteiger partial charge in [-0.2, -0.15) is 5.10 Å². The Bertz CT molecular complexity index is 669. The predicted molar refractivity (Wildman–Crippen MR) is 74.0 cm³/mol. The number of rotatable bonds is 3. The third-order valence-corrected chi connectivity index (χ3v) is 3.00. The molecule has 0 saturated heterocycles. The maximum absolute atomic E-state index is 12.2. The molecule has 2 N–H and O–H groups in total. The standard InChI is InChI=1S/C14H15N3O3/c1-8-5-4-6-9(2)11(8)15-13(18)10-7-17(3)16-12(10)14(19)20/h4-7H,1-3H3,(H,15,18)(H,19,20). The molecule has 0 aliphatic carbocycles. The van der Waals surface area contributed by atoms with Gasteiger partial charge >= 0.3 is 5.97 Å². The lowest BCUT2D eigenvalue weighted by atomic mass is 10.1. The zero-order valence-electron chi connectivity index (χ0n) is 11.5. The number of amides is 1. The first-order valence-electron chi connectivity index (χ1n) is 6.04. The van der Waals surface area contributed by atoms with Crippen molar-refractivity contribution in [2.75, 3.05) is 5.32 Å². The van der Waals surface area contributed by atoms with E-state index in [1.807, 2.05) is 32.0 Å². The van der Waals surface area contributed by atoms with Crippen molar-refractivity contribution in [2.24, 2.45) is 7.05 Å². The number of aromatic nitrogens is 2. The molecule has 1 amide bonds. The van der Waals surface area contributed by atoms with Crippen LogP contribution in [0.2, 0.25) is 0 Å². The lowest BCUT2D eigenvalue weighted by molar-refractivity contribution is 0.0685. The molecule has 20 heavy (non-hydrogen) atoms. The largest absolute Gasteiger partial charge is 0.476 e. The Morgan fingerprint density at radius 3 is 2.40 bits per heavy atom. The summed E-state index contributed by atoms with van der Waals surface area (Å²) in [5.41, 5.74) is 2.31. The molecule has 0 fully saturated rings. The van der Waals surface area contributed by atoms with E-state index in [0.717, 1.165) is 11.1 Å². The summed E-state index contributed by atoms with van der Waals surface area (Å²) in [5, 5.41) is 15.6. The van der Waals surface area contributed by atoms with E-state index in [1.54, 1.807) is 7.05 Å². The third-order valence-electron chi connectivity index (χ3n) is 3.00. The second-order valence-corrected chi connectivity index (χ2v) is 4.59. The quantitative estimate of drug-likeness (QED) is 0.895. The number of para-hydroxylation sites is 1. The summed E-state index contributed by atoms with van der Waals surface area (Å²) in [4.78, 5) is 23.3. The molecule has 0 aliphatic heterocycles. The molecule has 1 heterocycles. The fraction of sp³-hybridized carbons (Fsp3) is 0.214. The van der Waals surface area contributed by atoms with E-state index in [-0.39, 0.29) is 11.3 Å². The summed E-state index contributed by atoms with van der Waals surface area (Å²) >= 11 is 0. The van der Waals surface area contributed by atoms with Crippen LogP contribution in [0.1, 0.15) is 32.0 Å². The van der Waals surface area contributed by atoms with E-state index >= 15 is 0 Å². The molecule has 0 spiro atoms. The Morgan fingerprint density at radius 2 is 1.85 bits per heavy atom. The predicted octanol–water partition coefficient (Wildman–Crippen LogP) is 1.99. The number of aromatic carboxylic acids is 1. The number of hydrogen-bond donors (Lipinski definition) is 2. The number of carboxylic acid groups (broad SMARTS) is 1. The van der Waals surface area contributed by atoms with Crippen LogP contribution in [0.15, 0.2) is 24.4 Å². The lowest BCUT2D eigenvalue weighted by Gasteiger charge is -2.10. The molecular weight excluding hydrogens is 258 g/mol. The molecule has 0 unspecified atom stereocenters. The number of nitrogens with zero attached hydrogens (tertiary/aromatic N) is 2. The topological polar surface area (TPSA) is 84.2 Å². The van der Waals surface area contributed by atoms with Crippen molar-refractivity contribution >= 4 is 17.6 Å². The Hall–Kier alpha value is -2.63. The van der Waals surface area contributed by atoms with E-state index in [4.69, 9.17) is 5.11 Å². The van der Waals surface area contributed by atoms with Gasteiger partial charge in [-0.15, -0.1) is 0 Å². The van der Waals surface area contributed by atoms with Gasteiger partial charge in [0.05, 0.1) is 5.56 Å². The number of aryl methyl sites for hydroxylation is 3. The van der Waals surface area contributed by atoms with E-state index in [9.17, 15) is 9.59 Å². The minimum Gasteiger partial charge on any atom is -0.476 e. The van der Waals surface area contributed by atoms with Crippen molar-refractivity contribution in [2.45, 2.75) is 13.8 Å². The van der Waals surface area contributed by atoms with Crippen LogP contribution in [0.3, 0.4) is 0 Å². The fourth-order valence-electron chi connectivity index (χ4n) is 2.01. The molecule has 1 aromatic carbocycles. The molecule has 2 aromatic rings. The minimum absolute atomic E-state index is 0.0441. The second kappa shape index (κ2) is 5.16. The van der Waals surface area contributed by atoms with Crippen LogP contribution in [0, 0.1) is 13.8 Å². The zero-order valence-corrected chi connectivity index (χ0v) is 11.5. The third kappa shape index (κ3) is 2.54. The van der Waals surface area contributed by atoms with Gasteiger partial charge in [0.2, 0.25) is 0 Å². The van der Waals surface area contributed by atoms with E-state index in [0.29, 0.717) is 5.69 Å². The molecular formula is C14H15N3O3. The van der Waals surface area contributed by atoms with Crippen molar-refractivity contribution in [3.05, 3.63) is 46.8 Å². The summed E-state index contributed by atoms with van der Waals surface area (Å²) in [5.74, 6) is -1.70. The van der Waals surface area contributed by atoms with Crippen molar-refractivity contribution in [3.8, 4) is 0 Å². The van der Waals surface area contributed by atoms with Crippen LogP contribution in [-0.4, -0.2) is 26.8 Å². The molecule has 104 valence electrons. The average molecular weight is 273 g/mol. The maximum atomic E-state index is 12.2. The Balaban J connectivity index is 2.36. The highest BCUT2D eigenvalue weighted by Gasteiger charge is 2.21. The molecule has 0 atom stereocenters. The molecule has 2 rings (SSSR count). The molecule has 0 aliphatic rings. The molecule has 1 aromatic heterocycles. The first kappa shape index (κ1) is 13.8. The fourth-order valence-corrected chi connectivity index (χ4v) is 2.01. The Morgan fingerprint density at radius 1 is 1.25 bits per heavy atom. The van der Waals surface area contributed by atoms with Crippen LogP contribution in [0.4, 0.5) is 5.69 Å². The molecule has 6 heteroatoms. The van der Waals surface area contributed by atoms with Gasteiger partial charge in [0.25, 0.3) is 5.91 Å². The minimum atomic E-state index is -1.22. The van der Waals surface area contributed by atoms with E-state index in [1.165, 1.54) is 10.9 Å². The summed E-state index contributed by atoms with van der Waals surface area (Å²) < 4.78 is 1.31. The highest BCUT2D eigenvalue weighted by molar-refractivity contribution is 6.10. The second-order valence-electron chi connectivity index (χ2n) is 4.59. The van der Waals surface area contributed by atoms with Gasteiger partial charge < -0.3 is 10.4 Å². The van der Waals surface area contributed by atoms with Gasteiger partial charge in [-0.25, -0.2) is 4.79 Å². The molecule has 0 bridgehead atoms. The number of carbonyl (C=O) groups excluding carboxylic acids is 1. The van der Waals surface area contributed by atoms with Gasteiger partial charge in [-0.1, -0.05) is 18.2 Å². The van der Waals surface area contributed by atoms with E-state index in [2.05, 4.69) is 10.4 Å². The lowest BCUT2D eigenvalue weighted by Crippen LogP contribution is -2.16. The average Bonchev–Trinajstić information content (AvgIpc) is 2.76. The summed E-state index contributed by atoms with van der Waals surface area (Å²) in [6, 6.07) is 5.65. The first-order chi connectivity index (χ1) is 9.40. The highest BCUT2D eigenvalue weighted by atomic mass is 16.4. The van der Waals surface area contributed by atoms with Gasteiger partial charge in [0.1, 0.15) is 0 Å². The highest BCUT2D eigenvalue weighted by Crippen LogP contribution is 2.20. The van der Waals surface area contributed by atoms with Crippen LogP contribution in [-0.2, 0) is 7.05 Å². The number of hydrogen-bond acceptors (Lipinski definition) is 3. The Kier molecular flexibility index (Phi) is 3.56. The van der Waals surface area contributed by atoms with Crippen LogP contribution in [0.25, 0.3) is 0 Å². The maximum Gasteiger partial charge on any atom is 0.357 e. The van der Waals surface area contributed by atoms with Gasteiger partial charge in [-0.05, 0) is 25.0 Å². The smallest absolute Gasteiger partial charge is 0.357 e. The summed E-state index contributed by atoms with van der Waals surface area (Å²) in [6.07, 6.45) is 1.40.